The van der Waals surface area contributed by atoms with Crippen molar-refractivity contribution in [3.8, 4) is 0 Å². The molecular weight excluding hydrogens is 416 g/mol. The predicted molar refractivity (Wildman–Crippen MR) is 101 cm³/mol. The third-order valence-electron chi connectivity index (χ3n) is 2.90. The number of nitrogens with zero attached hydrogens (tertiary/aromatic N) is 1. The van der Waals surface area contributed by atoms with Crippen LogP contribution in [-0.2, 0) is 4.79 Å². The van der Waals surface area contributed by atoms with Gasteiger partial charge in [-0.2, -0.15) is 5.01 Å². The number of halogens is 1. The van der Waals surface area contributed by atoms with Crippen LogP contribution in [-0.4, -0.2) is 21.1 Å². The molecule has 0 bridgehead atoms. The molecule has 2 amide bonds. The maximum Gasteiger partial charge on any atom is 0.285 e. The molecule has 1 aromatic heterocycles. The molecule has 3 rings (SSSR count). The number of carbonyl (C=O) groups excluding carboxylic acids is 2. The van der Waals surface area contributed by atoms with Crippen molar-refractivity contribution in [3.63, 3.8) is 0 Å². The van der Waals surface area contributed by atoms with Gasteiger partial charge < -0.3 is 0 Å². The quantitative estimate of drug-likeness (QED) is 0.596. The van der Waals surface area contributed by atoms with Crippen LogP contribution in [0.1, 0.15) is 15.2 Å². The summed E-state index contributed by atoms with van der Waals surface area (Å²) in [6, 6.07) is 11.0. The number of hydrogen-bond donors (Lipinski definition) is 1. The average Bonchev–Trinajstić information content (AvgIpc) is 3.12. The highest BCUT2D eigenvalue weighted by molar-refractivity contribution is 9.10. The van der Waals surface area contributed by atoms with Gasteiger partial charge in [0.05, 0.1) is 9.78 Å². The van der Waals surface area contributed by atoms with E-state index in [1.54, 1.807) is 23.6 Å². The Morgan fingerprint density at radius 1 is 1.30 bits per heavy atom. The van der Waals surface area contributed by atoms with Crippen LogP contribution in [0.4, 0.5) is 0 Å². The van der Waals surface area contributed by atoms with Gasteiger partial charge in [0.1, 0.15) is 0 Å². The number of carbonyl (C=O) groups is 2. The summed E-state index contributed by atoms with van der Waals surface area (Å²) in [4.78, 5) is 25.5. The standard InChI is InChI=1S/C15H9BrN2O2S3/c16-10-4-1-3-9(7-10)8-12-14(20)18(15(21)23-12)17-13(19)11-5-2-6-22-11/h1-8H,(H,17,19)/b12-8+. The first-order valence-electron chi connectivity index (χ1n) is 6.42. The van der Waals surface area contributed by atoms with Gasteiger partial charge in [-0.15, -0.1) is 11.3 Å². The fourth-order valence-electron chi connectivity index (χ4n) is 1.88. The third kappa shape index (κ3) is 3.72. The van der Waals surface area contributed by atoms with Crippen molar-refractivity contribution < 1.29 is 9.59 Å². The molecule has 1 aliphatic rings. The zero-order chi connectivity index (χ0) is 16.4. The number of thioether (sulfide) groups is 1. The minimum atomic E-state index is -0.347. The summed E-state index contributed by atoms with van der Waals surface area (Å²) in [6.07, 6.45) is 1.75. The Hall–Kier alpha value is -1.48. The van der Waals surface area contributed by atoms with Crippen LogP contribution in [0, 0.1) is 0 Å². The fraction of sp³-hybridized carbons (Fsp3) is 0. The Labute approximate surface area is 154 Å². The van der Waals surface area contributed by atoms with Crippen LogP contribution >= 0.6 is 51.2 Å². The van der Waals surface area contributed by atoms with Gasteiger partial charge in [-0.3, -0.25) is 15.0 Å². The number of thiocarbonyl (C=S) groups is 1. The number of amides is 2. The van der Waals surface area contributed by atoms with Gasteiger partial charge in [0.2, 0.25) is 0 Å². The molecule has 1 N–H and O–H groups in total. The molecule has 1 aliphatic heterocycles. The minimum absolute atomic E-state index is 0.307. The molecule has 0 aliphatic carbocycles. The van der Waals surface area contributed by atoms with Gasteiger partial charge in [-0.05, 0) is 47.4 Å². The van der Waals surface area contributed by atoms with Gasteiger partial charge >= 0.3 is 0 Å². The van der Waals surface area contributed by atoms with Crippen molar-refractivity contribution in [2.24, 2.45) is 0 Å². The Bertz CT molecular complexity index is 818. The van der Waals surface area contributed by atoms with Crippen molar-refractivity contribution in [1.82, 2.24) is 10.4 Å². The second-order valence-corrected chi connectivity index (χ2v) is 8.03. The maximum atomic E-state index is 12.4. The molecule has 1 aromatic carbocycles. The number of rotatable bonds is 3. The normalized spacial score (nSPS) is 16.2. The molecule has 2 heterocycles. The minimum Gasteiger partial charge on any atom is -0.266 e. The molecule has 0 unspecified atom stereocenters. The first kappa shape index (κ1) is 16.4. The van der Waals surface area contributed by atoms with Crippen molar-refractivity contribution in [1.29, 1.82) is 0 Å². The summed E-state index contributed by atoms with van der Waals surface area (Å²) in [7, 11) is 0. The molecule has 0 atom stereocenters. The maximum absolute atomic E-state index is 12.4. The number of thiophene rings is 1. The lowest BCUT2D eigenvalue weighted by molar-refractivity contribution is -0.123. The number of benzene rings is 1. The van der Waals surface area contributed by atoms with Gasteiger partial charge in [0.25, 0.3) is 11.8 Å². The van der Waals surface area contributed by atoms with E-state index in [2.05, 4.69) is 21.4 Å². The average molecular weight is 425 g/mol. The summed E-state index contributed by atoms with van der Waals surface area (Å²) in [5.74, 6) is -0.676. The van der Waals surface area contributed by atoms with Crippen LogP contribution < -0.4 is 5.43 Å². The number of hydrazine groups is 1. The second-order valence-electron chi connectivity index (χ2n) is 4.49. The molecule has 1 fully saturated rings. The number of hydrogen-bond acceptors (Lipinski definition) is 5. The van der Waals surface area contributed by atoms with E-state index < -0.39 is 0 Å². The molecule has 4 nitrogen and oxygen atoms in total. The highest BCUT2D eigenvalue weighted by atomic mass is 79.9. The highest BCUT2D eigenvalue weighted by Gasteiger charge is 2.33. The third-order valence-corrected chi connectivity index (χ3v) is 5.56. The van der Waals surface area contributed by atoms with Gasteiger partial charge in [-0.25, -0.2) is 0 Å². The SMILES string of the molecule is O=C(NN1C(=O)/C(=C\c2cccc(Br)c2)SC1=S)c1cccs1. The van der Waals surface area contributed by atoms with E-state index >= 15 is 0 Å². The van der Waals surface area contributed by atoms with Crippen molar-refractivity contribution in [3.05, 3.63) is 61.6 Å². The first-order chi connectivity index (χ1) is 11.0. The Kier molecular flexibility index (Phi) is 4.96. The molecule has 23 heavy (non-hydrogen) atoms. The number of nitrogens with one attached hydrogen (secondary N) is 1. The van der Waals surface area contributed by atoms with Crippen LogP contribution in [0.2, 0.25) is 0 Å². The molecule has 116 valence electrons. The molecule has 8 heteroatoms. The van der Waals surface area contributed by atoms with Crippen molar-refractivity contribution >= 4 is 73.5 Å². The van der Waals surface area contributed by atoms with E-state index in [0.717, 1.165) is 26.8 Å². The summed E-state index contributed by atoms with van der Waals surface area (Å²) >= 11 is 11.0. The highest BCUT2D eigenvalue weighted by Crippen LogP contribution is 2.31. The van der Waals surface area contributed by atoms with Gasteiger partial charge in [0, 0.05) is 4.47 Å². The fourth-order valence-corrected chi connectivity index (χ4v) is 4.09. The Morgan fingerprint density at radius 3 is 2.83 bits per heavy atom. The lowest BCUT2D eigenvalue weighted by atomic mass is 10.2. The van der Waals surface area contributed by atoms with E-state index in [4.69, 9.17) is 12.2 Å². The first-order valence-corrected chi connectivity index (χ1v) is 9.32. The van der Waals surface area contributed by atoms with Crippen molar-refractivity contribution in [2.45, 2.75) is 0 Å². The molecule has 0 spiro atoms. The van der Waals surface area contributed by atoms with Crippen LogP contribution in [0.3, 0.4) is 0 Å². The van der Waals surface area contributed by atoms with E-state index in [0.29, 0.717) is 14.1 Å². The van der Waals surface area contributed by atoms with Crippen LogP contribution in [0.25, 0.3) is 6.08 Å². The largest absolute Gasteiger partial charge is 0.285 e. The predicted octanol–water partition coefficient (Wildman–Crippen LogP) is 4.06. The Balaban J connectivity index is 1.79. The summed E-state index contributed by atoms with van der Waals surface area (Å²) in [6.45, 7) is 0. The van der Waals surface area contributed by atoms with Crippen LogP contribution in [0.5, 0.6) is 0 Å². The molecular formula is C15H9BrN2O2S3. The zero-order valence-electron chi connectivity index (χ0n) is 11.5. The van der Waals surface area contributed by atoms with E-state index in [-0.39, 0.29) is 11.8 Å². The Morgan fingerprint density at radius 2 is 2.13 bits per heavy atom. The van der Waals surface area contributed by atoms with E-state index in [1.165, 1.54) is 11.3 Å². The van der Waals surface area contributed by atoms with Gasteiger partial charge in [-0.1, -0.05) is 45.9 Å². The summed E-state index contributed by atoms with van der Waals surface area (Å²) < 4.78 is 1.23. The lowest BCUT2D eigenvalue weighted by Gasteiger charge is -2.14. The summed E-state index contributed by atoms with van der Waals surface area (Å²) in [5, 5.41) is 2.91. The van der Waals surface area contributed by atoms with E-state index in [1.807, 2.05) is 24.3 Å². The zero-order valence-corrected chi connectivity index (χ0v) is 15.5. The van der Waals surface area contributed by atoms with E-state index in [9.17, 15) is 9.59 Å². The summed E-state index contributed by atoms with van der Waals surface area (Å²) in [5.41, 5.74) is 3.43. The van der Waals surface area contributed by atoms with Crippen molar-refractivity contribution in [2.75, 3.05) is 0 Å². The molecule has 0 saturated carbocycles. The molecule has 2 aromatic rings. The lowest BCUT2D eigenvalue weighted by Crippen LogP contribution is -2.44. The topological polar surface area (TPSA) is 49.4 Å². The smallest absolute Gasteiger partial charge is 0.266 e. The molecule has 1 saturated heterocycles. The molecule has 0 radical (unpaired) electrons. The van der Waals surface area contributed by atoms with Gasteiger partial charge in [0.15, 0.2) is 4.32 Å². The monoisotopic (exact) mass is 424 g/mol. The van der Waals surface area contributed by atoms with Crippen LogP contribution in [0.15, 0.2) is 51.2 Å². The second kappa shape index (κ2) is 6.96.